The Morgan fingerprint density at radius 2 is 1.79 bits per heavy atom. The molecule has 3 atom stereocenters. The number of phenolic OH excluding ortho intramolecular Hbond substituents is 1. The fourth-order valence-corrected chi connectivity index (χ4v) is 6.76. The van der Waals surface area contributed by atoms with E-state index in [1.807, 2.05) is 25.1 Å². The quantitative estimate of drug-likeness (QED) is 0.292. The number of aliphatic hydroxyl groups is 2. The molecule has 0 heterocycles. The average molecular weight is 552 g/mol. The fourth-order valence-electron chi connectivity index (χ4n) is 6.76. The molecule has 1 aromatic carbocycles. The van der Waals surface area contributed by atoms with Crippen LogP contribution in [0.1, 0.15) is 102 Å². The lowest BCUT2D eigenvalue weighted by Crippen LogP contribution is -2.33. The molecule has 0 spiro atoms. The molecular formula is C31H53NO7. The number of aliphatic hydroxyl groups excluding tert-OH is 2. The normalized spacial score (nSPS) is 19.1. The Morgan fingerprint density at radius 1 is 1.10 bits per heavy atom. The molecule has 3 unspecified atom stereocenters. The van der Waals surface area contributed by atoms with E-state index in [2.05, 4.69) is 0 Å². The number of Topliss-reactive ketones (excluding diaryl/α,β-unsaturated/α-hetero) is 3. The highest BCUT2D eigenvalue weighted by Gasteiger charge is 2.36. The topological polar surface area (TPSA) is 147 Å². The molecule has 3 rings (SSSR count). The minimum Gasteiger partial charge on any atom is -0.507 e. The number of carbonyl (C=O) groups is 3. The first-order chi connectivity index (χ1) is 18.2. The summed E-state index contributed by atoms with van der Waals surface area (Å²) in [5.74, 6) is -0.914. The van der Waals surface area contributed by atoms with Crippen LogP contribution in [-0.4, -0.2) is 65.5 Å². The molecule has 1 fully saturated rings. The number of rotatable bonds is 14. The van der Waals surface area contributed by atoms with E-state index in [1.54, 1.807) is 0 Å². The number of nitrogens with zero attached hydrogens (tertiary/aromatic N) is 1. The Morgan fingerprint density at radius 3 is 2.38 bits per heavy atom. The van der Waals surface area contributed by atoms with Crippen molar-refractivity contribution in [1.82, 2.24) is 0 Å². The van der Waals surface area contributed by atoms with Crippen molar-refractivity contribution >= 4 is 23.0 Å². The van der Waals surface area contributed by atoms with Crippen molar-refractivity contribution in [2.75, 3.05) is 32.2 Å². The van der Waals surface area contributed by atoms with Gasteiger partial charge in [-0.2, -0.15) is 0 Å². The van der Waals surface area contributed by atoms with E-state index in [9.17, 15) is 29.7 Å². The van der Waals surface area contributed by atoms with Crippen LogP contribution in [0.2, 0.25) is 0 Å². The van der Waals surface area contributed by atoms with Gasteiger partial charge in [-0.25, -0.2) is 0 Å². The molecule has 8 heteroatoms. The summed E-state index contributed by atoms with van der Waals surface area (Å²) in [4.78, 5) is 39.6. The number of fused-ring (bicyclic) bond motifs is 1. The largest absolute Gasteiger partial charge is 0.507 e. The van der Waals surface area contributed by atoms with Gasteiger partial charge in [0.1, 0.15) is 17.3 Å². The summed E-state index contributed by atoms with van der Waals surface area (Å²) in [7, 11) is 3.90. The van der Waals surface area contributed by atoms with Crippen LogP contribution in [0.4, 0.5) is 5.69 Å². The molecule has 0 saturated heterocycles. The van der Waals surface area contributed by atoms with E-state index in [4.69, 9.17) is 0 Å². The van der Waals surface area contributed by atoms with Gasteiger partial charge in [0.15, 0.2) is 5.78 Å². The number of anilines is 1. The Bertz CT molecular complexity index is 995. The first-order valence-corrected chi connectivity index (χ1v) is 14.5. The highest BCUT2D eigenvalue weighted by Crippen LogP contribution is 2.43. The molecule has 0 radical (unpaired) electrons. The number of aryl methyl sites for hydroxylation is 1. The number of carbonyl (C=O) groups excluding carboxylic acids is 3. The molecular weight excluding hydrogens is 498 g/mol. The van der Waals surface area contributed by atoms with Gasteiger partial charge in [-0.05, 0) is 74.0 Å². The van der Waals surface area contributed by atoms with Gasteiger partial charge in [0, 0.05) is 41.6 Å². The maximum absolute atomic E-state index is 13.4. The fraction of sp³-hybridized carbons (Fsp3) is 0.710. The van der Waals surface area contributed by atoms with Crippen molar-refractivity contribution in [3.63, 3.8) is 0 Å². The van der Waals surface area contributed by atoms with E-state index in [0.29, 0.717) is 24.8 Å². The van der Waals surface area contributed by atoms with E-state index in [0.717, 1.165) is 42.0 Å². The number of hydrogen-bond acceptors (Lipinski definition) is 7. The minimum absolute atomic E-state index is 0. The number of benzene rings is 1. The molecule has 5 N–H and O–H groups in total. The van der Waals surface area contributed by atoms with Crippen molar-refractivity contribution in [2.24, 2.45) is 23.7 Å². The Kier molecular flexibility index (Phi) is 13.1. The predicted molar refractivity (Wildman–Crippen MR) is 157 cm³/mol. The first kappa shape index (κ1) is 32.9. The van der Waals surface area contributed by atoms with Gasteiger partial charge in [-0.1, -0.05) is 38.5 Å². The van der Waals surface area contributed by atoms with Gasteiger partial charge in [0.2, 0.25) is 0 Å². The highest BCUT2D eigenvalue weighted by atomic mass is 16.3. The molecule has 2 aliphatic rings. The van der Waals surface area contributed by atoms with Crippen LogP contribution in [0.5, 0.6) is 5.75 Å². The van der Waals surface area contributed by atoms with Crippen LogP contribution in [0.3, 0.4) is 0 Å². The number of hydrogen-bond donors (Lipinski definition) is 3. The number of phenols is 1. The predicted octanol–water partition coefficient (Wildman–Crippen LogP) is 4.32. The average Bonchev–Trinajstić information content (AvgIpc) is 2.85. The van der Waals surface area contributed by atoms with Crippen molar-refractivity contribution in [2.45, 2.75) is 90.4 Å². The molecule has 0 aliphatic heterocycles. The Labute approximate surface area is 236 Å². The standard InChI is InChI=1S/C31H47NO6.H2O.2H2/c1-20(35)14-28(36)26(19-34)23(12-13-33)15-22-16-25-27(32(2)3)18-24(31(38)30(25)29(37)17-22)11-7-10-21-8-5-4-6-9-21;;;/h18,21-23,26,33-34,38H,4-17,19H2,1-3H3;1H2;2*1H. The first-order valence-electron chi connectivity index (χ1n) is 14.5. The Balaban J connectivity index is 0.00000533. The zero-order valence-corrected chi connectivity index (χ0v) is 24.0. The third kappa shape index (κ3) is 8.60. The summed E-state index contributed by atoms with van der Waals surface area (Å²) in [6.07, 6.45) is 10.9. The van der Waals surface area contributed by atoms with Gasteiger partial charge in [0.05, 0.1) is 18.6 Å². The van der Waals surface area contributed by atoms with E-state index in [1.165, 1.54) is 39.0 Å². The zero-order chi connectivity index (χ0) is 27.8. The summed E-state index contributed by atoms with van der Waals surface area (Å²) >= 11 is 0. The van der Waals surface area contributed by atoms with Gasteiger partial charge in [0.25, 0.3) is 0 Å². The highest BCUT2D eigenvalue weighted by molar-refractivity contribution is 6.03. The molecule has 39 heavy (non-hydrogen) atoms. The van der Waals surface area contributed by atoms with Crippen LogP contribution in [0, 0.1) is 23.7 Å². The molecule has 1 aromatic rings. The molecule has 0 bridgehead atoms. The maximum atomic E-state index is 13.4. The van der Waals surface area contributed by atoms with Crippen LogP contribution in [0.25, 0.3) is 0 Å². The van der Waals surface area contributed by atoms with Gasteiger partial charge in [-0.15, -0.1) is 0 Å². The molecule has 224 valence electrons. The SMILES string of the molecule is CC(=O)CC(=O)C(CO)C(CCO)CC1CC(=O)c2c(O)c(CCCC3CCCCC3)cc(N(C)C)c2C1.O.[HH].[HH]. The second kappa shape index (κ2) is 15.5. The number of ketones is 3. The van der Waals surface area contributed by atoms with Gasteiger partial charge in [-0.3, -0.25) is 14.4 Å². The lowest BCUT2D eigenvalue weighted by atomic mass is 9.73. The number of aromatic hydroxyl groups is 1. The van der Waals surface area contributed by atoms with E-state index < -0.39 is 5.92 Å². The molecule has 2 aliphatic carbocycles. The van der Waals surface area contributed by atoms with Crippen molar-refractivity contribution in [3.8, 4) is 5.75 Å². The molecule has 8 nitrogen and oxygen atoms in total. The second-order valence-corrected chi connectivity index (χ2v) is 11.9. The van der Waals surface area contributed by atoms with Crippen LogP contribution < -0.4 is 4.90 Å². The Hall–Kier alpha value is -2.29. The summed E-state index contributed by atoms with van der Waals surface area (Å²) in [6, 6.07) is 2.03. The lowest BCUT2D eigenvalue weighted by Gasteiger charge is -2.33. The molecule has 0 amide bonds. The maximum Gasteiger partial charge on any atom is 0.167 e. The smallest absolute Gasteiger partial charge is 0.167 e. The lowest BCUT2D eigenvalue weighted by molar-refractivity contribution is -0.131. The monoisotopic (exact) mass is 551 g/mol. The molecule has 0 aromatic heterocycles. The summed E-state index contributed by atoms with van der Waals surface area (Å²) in [6.45, 7) is 0.825. The van der Waals surface area contributed by atoms with E-state index >= 15 is 0 Å². The minimum atomic E-state index is -0.740. The summed E-state index contributed by atoms with van der Waals surface area (Å²) in [5, 5.41) is 30.8. The van der Waals surface area contributed by atoms with E-state index in [-0.39, 0.29) is 69.3 Å². The zero-order valence-electron chi connectivity index (χ0n) is 24.0. The molecule has 1 saturated carbocycles. The van der Waals surface area contributed by atoms with Crippen LogP contribution in [-0.2, 0) is 22.4 Å². The van der Waals surface area contributed by atoms with Crippen molar-refractivity contribution in [3.05, 3.63) is 22.8 Å². The summed E-state index contributed by atoms with van der Waals surface area (Å²) in [5.41, 5.74) is 3.05. The summed E-state index contributed by atoms with van der Waals surface area (Å²) < 4.78 is 0. The third-order valence-electron chi connectivity index (χ3n) is 8.71. The van der Waals surface area contributed by atoms with Gasteiger partial charge < -0.3 is 25.7 Å². The van der Waals surface area contributed by atoms with Crippen molar-refractivity contribution in [1.29, 1.82) is 0 Å². The second-order valence-electron chi connectivity index (χ2n) is 11.9. The van der Waals surface area contributed by atoms with Crippen LogP contribution >= 0.6 is 0 Å². The van der Waals surface area contributed by atoms with Gasteiger partial charge >= 0.3 is 0 Å². The van der Waals surface area contributed by atoms with Crippen LogP contribution in [0.15, 0.2) is 6.07 Å². The van der Waals surface area contributed by atoms with Crippen molar-refractivity contribution < 1.29 is 38.0 Å². The third-order valence-corrected chi connectivity index (χ3v) is 8.71.